The molecule has 0 radical (unpaired) electrons. The maximum absolute atomic E-state index is 10.6. The third kappa shape index (κ3) is 2.37. The highest BCUT2D eigenvalue weighted by molar-refractivity contribution is 5.40. The lowest BCUT2D eigenvalue weighted by Crippen LogP contribution is -2.31. The Hall–Kier alpha value is -1.40. The summed E-state index contributed by atoms with van der Waals surface area (Å²) in [6.45, 7) is 0. The minimum absolute atomic E-state index is 0.243. The highest BCUT2D eigenvalue weighted by atomic mass is 16.1. The van der Waals surface area contributed by atoms with Gasteiger partial charge < -0.3 is 0 Å². The van der Waals surface area contributed by atoms with Crippen molar-refractivity contribution < 1.29 is 4.79 Å². The van der Waals surface area contributed by atoms with Gasteiger partial charge in [0.25, 0.3) is 0 Å². The zero-order valence-corrected chi connectivity index (χ0v) is 11.4. The van der Waals surface area contributed by atoms with Gasteiger partial charge in [0.05, 0.1) is 5.54 Å². The van der Waals surface area contributed by atoms with E-state index in [0.29, 0.717) is 0 Å². The van der Waals surface area contributed by atoms with Crippen LogP contribution in [-0.2, 0) is 10.3 Å². The Balaban J connectivity index is 1.80. The Labute approximate surface area is 114 Å². The van der Waals surface area contributed by atoms with Crippen LogP contribution in [0.2, 0.25) is 0 Å². The van der Waals surface area contributed by atoms with Gasteiger partial charge in [-0.05, 0) is 49.1 Å². The van der Waals surface area contributed by atoms with E-state index in [4.69, 9.17) is 0 Å². The van der Waals surface area contributed by atoms with Crippen molar-refractivity contribution in [2.45, 2.75) is 62.8 Å². The van der Waals surface area contributed by atoms with Gasteiger partial charge in [-0.2, -0.15) is 4.99 Å². The van der Waals surface area contributed by atoms with Gasteiger partial charge in [0.1, 0.15) is 0 Å². The van der Waals surface area contributed by atoms with E-state index in [9.17, 15) is 4.79 Å². The summed E-state index contributed by atoms with van der Waals surface area (Å²) in [7, 11) is 0. The van der Waals surface area contributed by atoms with Crippen molar-refractivity contribution in [3.8, 4) is 0 Å². The van der Waals surface area contributed by atoms with E-state index in [1.165, 1.54) is 43.2 Å². The standard InChI is InChI=1S/C17H21NO/c19-13-18-17(11-4-12-17)16-9-7-15(8-10-16)14-5-2-1-3-6-14/h7-10,14H,1-6,11-12H2. The lowest BCUT2D eigenvalue weighted by atomic mass is 9.72. The summed E-state index contributed by atoms with van der Waals surface area (Å²) in [6.07, 6.45) is 11.7. The molecule has 2 saturated carbocycles. The van der Waals surface area contributed by atoms with Crippen molar-refractivity contribution >= 4 is 6.08 Å². The van der Waals surface area contributed by atoms with Gasteiger partial charge in [-0.3, -0.25) is 0 Å². The fraction of sp³-hybridized carbons (Fsp3) is 0.588. The van der Waals surface area contributed by atoms with E-state index in [1.54, 1.807) is 6.08 Å². The van der Waals surface area contributed by atoms with E-state index in [2.05, 4.69) is 29.3 Å². The first kappa shape index (κ1) is 12.6. The normalized spacial score (nSPS) is 22.3. The van der Waals surface area contributed by atoms with Crippen LogP contribution in [0.4, 0.5) is 0 Å². The molecule has 2 nitrogen and oxygen atoms in total. The first-order valence-corrected chi connectivity index (χ1v) is 7.53. The molecule has 100 valence electrons. The molecule has 19 heavy (non-hydrogen) atoms. The smallest absolute Gasteiger partial charge is 0.211 e. The van der Waals surface area contributed by atoms with E-state index in [0.717, 1.165) is 25.2 Å². The van der Waals surface area contributed by atoms with Crippen molar-refractivity contribution in [1.82, 2.24) is 0 Å². The average Bonchev–Trinajstić information content (AvgIpc) is 2.44. The van der Waals surface area contributed by atoms with Gasteiger partial charge in [-0.25, -0.2) is 4.79 Å². The topological polar surface area (TPSA) is 29.4 Å². The van der Waals surface area contributed by atoms with Crippen molar-refractivity contribution in [1.29, 1.82) is 0 Å². The number of aliphatic imine (C=N–C) groups is 1. The number of carbonyl (C=O) groups excluding carboxylic acids is 1. The Kier molecular flexibility index (Phi) is 3.52. The van der Waals surface area contributed by atoms with Gasteiger partial charge in [0.15, 0.2) is 0 Å². The predicted octanol–water partition coefficient (Wildman–Crippen LogP) is 4.45. The molecule has 2 aliphatic rings. The van der Waals surface area contributed by atoms with Gasteiger partial charge in [0.2, 0.25) is 6.08 Å². The monoisotopic (exact) mass is 255 g/mol. The fourth-order valence-electron chi connectivity index (χ4n) is 3.57. The second kappa shape index (κ2) is 5.30. The SMILES string of the molecule is O=C=NC1(c2ccc(C3CCCCC3)cc2)CCC1. The van der Waals surface area contributed by atoms with Gasteiger partial charge in [-0.1, -0.05) is 43.5 Å². The zero-order valence-electron chi connectivity index (χ0n) is 11.4. The molecule has 0 atom stereocenters. The molecule has 2 aliphatic carbocycles. The van der Waals surface area contributed by atoms with Crippen LogP contribution in [0.5, 0.6) is 0 Å². The van der Waals surface area contributed by atoms with Crippen molar-refractivity contribution in [3.63, 3.8) is 0 Å². The molecule has 1 aromatic carbocycles. The van der Waals surface area contributed by atoms with Crippen molar-refractivity contribution in [3.05, 3.63) is 35.4 Å². The minimum Gasteiger partial charge on any atom is -0.211 e. The Morgan fingerprint density at radius 2 is 1.68 bits per heavy atom. The van der Waals surface area contributed by atoms with Crippen LogP contribution in [0.15, 0.2) is 29.3 Å². The van der Waals surface area contributed by atoms with E-state index in [-0.39, 0.29) is 5.54 Å². The summed E-state index contributed by atoms with van der Waals surface area (Å²) in [4.78, 5) is 14.7. The molecule has 0 bridgehead atoms. The van der Waals surface area contributed by atoms with Crippen molar-refractivity contribution in [2.24, 2.45) is 4.99 Å². The molecule has 0 N–H and O–H groups in total. The first-order valence-electron chi connectivity index (χ1n) is 7.53. The van der Waals surface area contributed by atoms with Gasteiger partial charge in [-0.15, -0.1) is 0 Å². The molecule has 0 saturated heterocycles. The minimum atomic E-state index is -0.243. The number of hydrogen-bond donors (Lipinski definition) is 0. The van der Waals surface area contributed by atoms with Crippen LogP contribution < -0.4 is 0 Å². The highest BCUT2D eigenvalue weighted by Crippen LogP contribution is 2.45. The molecule has 1 aromatic rings. The number of isocyanates is 1. The van der Waals surface area contributed by atoms with Crippen LogP contribution in [-0.4, -0.2) is 6.08 Å². The summed E-state index contributed by atoms with van der Waals surface area (Å²) in [6, 6.07) is 8.88. The summed E-state index contributed by atoms with van der Waals surface area (Å²) in [5, 5.41) is 0. The quantitative estimate of drug-likeness (QED) is 0.579. The third-order valence-corrected chi connectivity index (χ3v) is 4.96. The molecular weight excluding hydrogens is 234 g/mol. The lowest BCUT2D eigenvalue weighted by Gasteiger charge is -2.37. The van der Waals surface area contributed by atoms with E-state index in [1.807, 2.05) is 0 Å². The number of hydrogen-bond acceptors (Lipinski definition) is 2. The Morgan fingerprint density at radius 1 is 1.00 bits per heavy atom. The summed E-state index contributed by atoms with van der Waals surface area (Å²) in [5.74, 6) is 0.745. The van der Waals surface area contributed by atoms with Gasteiger partial charge in [0, 0.05) is 0 Å². The molecule has 0 aliphatic heterocycles. The van der Waals surface area contributed by atoms with E-state index >= 15 is 0 Å². The number of nitrogens with zero attached hydrogens (tertiary/aromatic N) is 1. The van der Waals surface area contributed by atoms with Crippen LogP contribution in [0.25, 0.3) is 0 Å². The number of benzene rings is 1. The zero-order chi connectivity index (χ0) is 13.1. The Bertz CT molecular complexity index is 474. The maximum atomic E-state index is 10.6. The van der Waals surface area contributed by atoms with Crippen LogP contribution in [0.3, 0.4) is 0 Å². The molecule has 0 unspecified atom stereocenters. The maximum Gasteiger partial charge on any atom is 0.235 e. The largest absolute Gasteiger partial charge is 0.235 e. The highest BCUT2D eigenvalue weighted by Gasteiger charge is 2.38. The molecule has 0 amide bonds. The predicted molar refractivity (Wildman–Crippen MR) is 75.9 cm³/mol. The van der Waals surface area contributed by atoms with Crippen LogP contribution >= 0.6 is 0 Å². The molecule has 0 heterocycles. The van der Waals surface area contributed by atoms with Crippen LogP contribution in [0, 0.1) is 0 Å². The van der Waals surface area contributed by atoms with E-state index < -0.39 is 0 Å². The van der Waals surface area contributed by atoms with Gasteiger partial charge >= 0.3 is 0 Å². The summed E-state index contributed by atoms with van der Waals surface area (Å²) < 4.78 is 0. The molecule has 0 aromatic heterocycles. The second-order valence-corrected chi connectivity index (χ2v) is 6.05. The molecule has 2 fully saturated rings. The molecule has 0 spiro atoms. The summed E-state index contributed by atoms with van der Waals surface area (Å²) >= 11 is 0. The van der Waals surface area contributed by atoms with Crippen molar-refractivity contribution in [2.75, 3.05) is 0 Å². The summed E-state index contributed by atoms with van der Waals surface area (Å²) in [5.41, 5.74) is 2.42. The average molecular weight is 255 g/mol. The van der Waals surface area contributed by atoms with Crippen LogP contribution in [0.1, 0.15) is 68.4 Å². The second-order valence-electron chi connectivity index (χ2n) is 6.05. The molecule has 2 heteroatoms. The lowest BCUT2D eigenvalue weighted by molar-refractivity contribution is 0.256. The number of rotatable bonds is 3. The fourth-order valence-corrected chi connectivity index (χ4v) is 3.57. The Morgan fingerprint density at radius 3 is 2.21 bits per heavy atom. The molecular formula is C17H21NO. The first-order chi connectivity index (χ1) is 9.34. The molecule has 3 rings (SSSR count). The third-order valence-electron chi connectivity index (χ3n) is 4.96.